The number of nitrogens with zero attached hydrogens (tertiary/aromatic N) is 3. The van der Waals surface area contributed by atoms with Gasteiger partial charge in [0, 0.05) is 43.0 Å². The Hall–Kier alpha value is -2.21. The number of anilines is 2. The number of halogens is 1. The van der Waals surface area contributed by atoms with Crippen LogP contribution in [0.5, 0.6) is 0 Å². The van der Waals surface area contributed by atoms with Crippen LogP contribution in [-0.4, -0.2) is 42.3 Å². The van der Waals surface area contributed by atoms with E-state index in [0.717, 1.165) is 23.8 Å². The third-order valence-electron chi connectivity index (χ3n) is 3.41. The molecule has 1 N–H and O–H groups in total. The highest BCUT2D eigenvalue weighted by Crippen LogP contribution is 2.20. The molecule has 1 fully saturated rings. The van der Waals surface area contributed by atoms with Crippen molar-refractivity contribution in [3.63, 3.8) is 0 Å². The van der Waals surface area contributed by atoms with Crippen LogP contribution in [0.4, 0.5) is 16.3 Å². The lowest BCUT2D eigenvalue weighted by molar-refractivity contribution is 0.208. The van der Waals surface area contributed by atoms with Gasteiger partial charge < -0.3 is 14.3 Å². The molecule has 1 aromatic carbocycles. The van der Waals surface area contributed by atoms with Gasteiger partial charge in [0.15, 0.2) is 5.82 Å². The zero-order chi connectivity index (χ0) is 14.7. The van der Waals surface area contributed by atoms with Crippen LogP contribution in [0.2, 0.25) is 5.02 Å². The maximum absolute atomic E-state index is 12.1. The molecule has 0 aliphatic carbocycles. The third-order valence-corrected chi connectivity index (χ3v) is 3.65. The second-order valence-electron chi connectivity index (χ2n) is 4.77. The molecule has 7 heteroatoms. The molecule has 2 amide bonds. The Morgan fingerprint density at radius 2 is 2.05 bits per heavy atom. The summed E-state index contributed by atoms with van der Waals surface area (Å²) in [7, 11) is 0. The summed E-state index contributed by atoms with van der Waals surface area (Å²) in [5, 5.41) is 7.08. The Labute approximate surface area is 127 Å². The summed E-state index contributed by atoms with van der Waals surface area (Å²) in [6.45, 7) is 2.84. The highest BCUT2D eigenvalue weighted by atomic mass is 35.5. The lowest BCUT2D eigenvalue weighted by atomic mass is 10.2. The van der Waals surface area contributed by atoms with Crippen LogP contribution < -0.4 is 10.2 Å². The van der Waals surface area contributed by atoms with Crippen molar-refractivity contribution in [2.45, 2.75) is 0 Å². The average molecular weight is 307 g/mol. The highest BCUT2D eigenvalue weighted by Gasteiger charge is 2.21. The minimum Gasteiger partial charge on any atom is -0.368 e. The number of urea groups is 1. The fourth-order valence-corrected chi connectivity index (χ4v) is 2.49. The Morgan fingerprint density at radius 3 is 2.71 bits per heavy atom. The first-order chi connectivity index (χ1) is 10.2. The summed E-state index contributed by atoms with van der Waals surface area (Å²) in [6, 6.07) is 9.20. The van der Waals surface area contributed by atoms with Crippen molar-refractivity contribution in [3.8, 4) is 0 Å². The predicted octanol–water partition coefficient (Wildman–Crippen LogP) is 2.68. The molecule has 0 saturated carbocycles. The summed E-state index contributed by atoms with van der Waals surface area (Å²) < 4.78 is 4.68. The first-order valence-electron chi connectivity index (χ1n) is 6.69. The Bertz CT molecular complexity index is 609. The van der Waals surface area contributed by atoms with Gasteiger partial charge in [-0.25, -0.2) is 4.79 Å². The van der Waals surface area contributed by atoms with Crippen LogP contribution in [0.15, 0.2) is 41.1 Å². The molecule has 0 unspecified atom stereocenters. The first kappa shape index (κ1) is 13.8. The van der Waals surface area contributed by atoms with Crippen LogP contribution >= 0.6 is 11.6 Å². The number of amides is 2. The van der Waals surface area contributed by atoms with Gasteiger partial charge in [-0.1, -0.05) is 22.8 Å². The number of hydrogen-bond acceptors (Lipinski definition) is 4. The van der Waals surface area contributed by atoms with E-state index in [4.69, 9.17) is 11.6 Å². The number of nitrogens with one attached hydrogen (secondary N) is 1. The largest absolute Gasteiger partial charge is 0.368 e. The quantitative estimate of drug-likeness (QED) is 0.926. The van der Waals surface area contributed by atoms with E-state index in [1.807, 2.05) is 24.3 Å². The number of rotatable bonds is 2. The summed E-state index contributed by atoms with van der Waals surface area (Å²) in [5.41, 5.74) is 1.08. The van der Waals surface area contributed by atoms with E-state index in [1.54, 1.807) is 11.0 Å². The number of piperazine rings is 1. The first-order valence-corrected chi connectivity index (χ1v) is 7.07. The smallest absolute Gasteiger partial charge is 0.323 e. The van der Waals surface area contributed by atoms with Crippen molar-refractivity contribution in [1.29, 1.82) is 0 Å². The molecule has 0 radical (unpaired) electrons. The van der Waals surface area contributed by atoms with Crippen LogP contribution in [0.25, 0.3) is 0 Å². The van der Waals surface area contributed by atoms with Gasteiger partial charge in [-0.05, 0) is 18.2 Å². The summed E-state index contributed by atoms with van der Waals surface area (Å²) in [5.74, 6) is 0.428. The molecule has 2 aromatic rings. The molecule has 0 atom stereocenters. The molecule has 2 heterocycles. The number of benzene rings is 1. The van der Waals surface area contributed by atoms with E-state index in [1.165, 1.54) is 6.26 Å². The van der Waals surface area contributed by atoms with Crippen LogP contribution in [0.1, 0.15) is 0 Å². The van der Waals surface area contributed by atoms with Crippen LogP contribution in [0, 0.1) is 0 Å². The minimum absolute atomic E-state index is 0.158. The van der Waals surface area contributed by atoms with E-state index in [2.05, 4.69) is 19.9 Å². The summed E-state index contributed by atoms with van der Waals surface area (Å²) in [4.78, 5) is 16.0. The third kappa shape index (κ3) is 3.28. The van der Waals surface area contributed by atoms with E-state index >= 15 is 0 Å². The minimum atomic E-state index is -0.158. The Balaban J connectivity index is 1.56. The Kier molecular flexibility index (Phi) is 3.96. The maximum atomic E-state index is 12.1. The second-order valence-corrected chi connectivity index (χ2v) is 5.21. The predicted molar refractivity (Wildman–Crippen MR) is 80.8 cm³/mol. The van der Waals surface area contributed by atoms with Crippen LogP contribution in [-0.2, 0) is 0 Å². The fraction of sp³-hybridized carbons (Fsp3) is 0.286. The molecule has 1 aliphatic rings. The van der Waals surface area contributed by atoms with Gasteiger partial charge in [0.05, 0.1) is 0 Å². The molecule has 21 heavy (non-hydrogen) atoms. The van der Waals surface area contributed by atoms with Crippen molar-refractivity contribution in [3.05, 3.63) is 41.6 Å². The lowest BCUT2D eigenvalue weighted by Gasteiger charge is -2.35. The zero-order valence-electron chi connectivity index (χ0n) is 11.3. The molecule has 110 valence electrons. The SMILES string of the molecule is O=C(Nc1ccon1)N1CCN(c2cccc(Cl)c2)CC1. The summed E-state index contributed by atoms with van der Waals surface area (Å²) in [6.07, 6.45) is 1.42. The molecule has 3 rings (SSSR count). The number of hydrogen-bond donors (Lipinski definition) is 1. The van der Waals surface area contributed by atoms with Gasteiger partial charge in [0.1, 0.15) is 6.26 Å². The highest BCUT2D eigenvalue weighted by molar-refractivity contribution is 6.30. The standard InChI is InChI=1S/C14H15ClN4O2/c15-11-2-1-3-12(10-11)18-5-7-19(8-6-18)14(20)16-13-4-9-21-17-13/h1-4,9-10H,5-8H2,(H,16,17,20). The van der Waals surface area contributed by atoms with Gasteiger partial charge in [-0.2, -0.15) is 0 Å². The monoisotopic (exact) mass is 306 g/mol. The second kappa shape index (κ2) is 6.05. The molecular formula is C14H15ClN4O2. The average Bonchev–Trinajstić information content (AvgIpc) is 3.00. The molecule has 1 aromatic heterocycles. The molecule has 1 aliphatic heterocycles. The normalized spacial score (nSPS) is 15.1. The number of aromatic nitrogens is 1. The van der Waals surface area contributed by atoms with Crippen molar-refractivity contribution in [2.24, 2.45) is 0 Å². The van der Waals surface area contributed by atoms with E-state index in [9.17, 15) is 4.79 Å². The van der Waals surface area contributed by atoms with Gasteiger partial charge >= 0.3 is 6.03 Å². The van der Waals surface area contributed by atoms with Crippen molar-refractivity contribution in [1.82, 2.24) is 10.1 Å². The summed E-state index contributed by atoms with van der Waals surface area (Å²) >= 11 is 6.01. The van der Waals surface area contributed by atoms with E-state index < -0.39 is 0 Å². The van der Waals surface area contributed by atoms with Crippen molar-refractivity contribution in [2.75, 3.05) is 36.4 Å². The van der Waals surface area contributed by atoms with Gasteiger partial charge in [-0.15, -0.1) is 0 Å². The van der Waals surface area contributed by atoms with Gasteiger partial charge in [0.2, 0.25) is 0 Å². The number of carbonyl (C=O) groups excluding carboxylic acids is 1. The van der Waals surface area contributed by atoms with Gasteiger partial charge in [-0.3, -0.25) is 5.32 Å². The topological polar surface area (TPSA) is 61.6 Å². The van der Waals surface area contributed by atoms with E-state index in [0.29, 0.717) is 18.9 Å². The van der Waals surface area contributed by atoms with Crippen molar-refractivity contribution >= 4 is 29.1 Å². The van der Waals surface area contributed by atoms with E-state index in [-0.39, 0.29) is 6.03 Å². The Morgan fingerprint density at radius 1 is 1.24 bits per heavy atom. The molecule has 0 spiro atoms. The van der Waals surface area contributed by atoms with Gasteiger partial charge in [0.25, 0.3) is 0 Å². The molecule has 6 nitrogen and oxygen atoms in total. The number of carbonyl (C=O) groups is 1. The van der Waals surface area contributed by atoms with Crippen LogP contribution in [0.3, 0.4) is 0 Å². The molecule has 1 saturated heterocycles. The zero-order valence-corrected chi connectivity index (χ0v) is 12.1. The molecular weight excluding hydrogens is 292 g/mol. The molecule has 0 bridgehead atoms. The maximum Gasteiger partial charge on any atom is 0.323 e. The lowest BCUT2D eigenvalue weighted by Crippen LogP contribution is -2.50. The fourth-order valence-electron chi connectivity index (χ4n) is 2.31. The van der Waals surface area contributed by atoms with Crippen molar-refractivity contribution < 1.29 is 9.32 Å².